The van der Waals surface area contributed by atoms with Gasteiger partial charge in [-0.05, 0) is 30.9 Å². The van der Waals surface area contributed by atoms with E-state index in [1.807, 2.05) is 0 Å². The van der Waals surface area contributed by atoms with Crippen LogP contribution in [0.4, 0.5) is 11.4 Å². The lowest BCUT2D eigenvalue weighted by Gasteiger charge is -2.28. The number of ether oxygens (including phenoxy) is 2. The molecule has 0 unspecified atom stereocenters. The summed E-state index contributed by atoms with van der Waals surface area (Å²) in [6.45, 7) is 6.63. The molecule has 5 nitrogen and oxygen atoms in total. The summed E-state index contributed by atoms with van der Waals surface area (Å²) in [6, 6.07) is 8.44. The van der Waals surface area contributed by atoms with E-state index in [-0.39, 0.29) is 6.10 Å². The van der Waals surface area contributed by atoms with Crippen LogP contribution in [-0.2, 0) is 9.47 Å². The monoisotopic (exact) mass is 334 g/mol. The molecular weight excluding hydrogens is 304 g/mol. The van der Waals surface area contributed by atoms with Gasteiger partial charge in [-0.3, -0.25) is 0 Å². The van der Waals surface area contributed by atoms with Crippen molar-refractivity contribution in [3.05, 3.63) is 24.3 Å². The molecule has 0 aromatic heterocycles. The van der Waals surface area contributed by atoms with E-state index in [4.69, 9.17) is 9.47 Å². The van der Waals surface area contributed by atoms with Crippen LogP contribution in [0, 0.1) is 5.92 Å². The van der Waals surface area contributed by atoms with Crippen LogP contribution in [0.3, 0.4) is 0 Å². The highest BCUT2D eigenvalue weighted by Gasteiger charge is 2.24. The molecule has 0 saturated carbocycles. The van der Waals surface area contributed by atoms with Gasteiger partial charge in [-0.15, -0.1) is 0 Å². The van der Waals surface area contributed by atoms with Gasteiger partial charge in [-0.1, -0.05) is 19.1 Å². The predicted octanol–water partition coefficient (Wildman–Crippen LogP) is 2.14. The van der Waals surface area contributed by atoms with Crippen molar-refractivity contribution in [3.8, 4) is 0 Å². The van der Waals surface area contributed by atoms with Crippen molar-refractivity contribution in [3.63, 3.8) is 0 Å². The second-order valence-corrected chi connectivity index (χ2v) is 7.21. The van der Waals surface area contributed by atoms with E-state index in [1.54, 1.807) is 0 Å². The van der Waals surface area contributed by atoms with Crippen molar-refractivity contribution < 1.29 is 14.6 Å². The molecule has 5 heteroatoms. The van der Waals surface area contributed by atoms with Crippen LogP contribution in [0.15, 0.2) is 24.3 Å². The first kappa shape index (κ1) is 17.5. The fourth-order valence-electron chi connectivity index (χ4n) is 3.74. The number of anilines is 2. The summed E-state index contributed by atoms with van der Waals surface area (Å²) in [6.07, 6.45) is 1.91. The number of rotatable bonds is 6. The maximum absolute atomic E-state index is 10.4. The number of aliphatic hydroxyl groups excluding tert-OH is 1. The molecule has 2 aliphatic rings. The number of fused-ring (bicyclic) bond motifs is 1. The third kappa shape index (κ3) is 4.41. The summed E-state index contributed by atoms with van der Waals surface area (Å²) in [5, 5.41) is 10.4. The first-order chi connectivity index (χ1) is 11.6. The number of benzene rings is 1. The summed E-state index contributed by atoms with van der Waals surface area (Å²) in [4.78, 5) is 4.60. The van der Waals surface area contributed by atoms with Crippen molar-refractivity contribution in [2.75, 3.05) is 56.3 Å². The van der Waals surface area contributed by atoms with Crippen molar-refractivity contribution in [2.45, 2.75) is 32.0 Å². The van der Waals surface area contributed by atoms with E-state index in [1.165, 1.54) is 11.4 Å². The highest BCUT2D eigenvalue weighted by atomic mass is 16.5. The van der Waals surface area contributed by atoms with Gasteiger partial charge in [0.05, 0.1) is 36.8 Å². The maximum atomic E-state index is 10.4. The number of hydrogen-bond donors (Lipinski definition) is 1. The summed E-state index contributed by atoms with van der Waals surface area (Å²) < 4.78 is 11.2. The Bertz CT molecular complexity index is 519. The molecule has 1 aromatic carbocycles. The van der Waals surface area contributed by atoms with E-state index in [9.17, 15) is 5.11 Å². The zero-order valence-electron chi connectivity index (χ0n) is 14.9. The van der Waals surface area contributed by atoms with E-state index in [2.05, 4.69) is 48.0 Å². The van der Waals surface area contributed by atoms with Crippen LogP contribution < -0.4 is 9.80 Å². The van der Waals surface area contributed by atoms with Gasteiger partial charge in [0, 0.05) is 33.3 Å². The maximum Gasteiger partial charge on any atom is 0.0948 e. The van der Waals surface area contributed by atoms with Gasteiger partial charge in [0.15, 0.2) is 0 Å². The second kappa shape index (κ2) is 8.19. The van der Waals surface area contributed by atoms with Crippen LogP contribution in [0.2, 0.25) is 0 Å². The largest absolute Gasteiger partial charge is 0.389 e. The lowest BCUT2D eigenvalue weighted by molar-refractivity contribution is -0.0150. The zero-order chi connectivity index (χ0) is 16.9. The number of hydrogen-bond acceptors (Lipinski definition) is 5. The molecule has 24 heavy (non-hydrogen) atoms. The molecule has 2 aliphatic heterocycles. The van der Waals surface area contributed by atoms with Gasteiger partial charge in [-0.2, -0.15) is 0 Å². The second-order valence-electron chi connectivity index (χ2n) is 7.21. The first-order valence-electron chi connectivity index (χ1n) is 9.06. The van der Waals surface area contributed by atoms with Crippen molar-refractivity contribution >= 4 is 11.4 Å². The Labute approximate surface area is 145 Å². The minimum absolute atomic E-state index is 0.213. The molecular formula is C19H30N2O3. The minimum atomic E-state index is -0.491. The molecule has 1 saturated heterocycles. The first-order valence-corrected chi connectivity index (χ1v) is 9.06. The fourth-order valence-corrected chi connectivity index (χ4v) is 3.74. The third-order valence-corrected chi connectivity index (χ3v) is 4.82. The average Bonchev–Trinajstić information content (AvgIpc) is 3.03. The molecule has 0 amide bonds. The summed E-state index contributed by atoms with van der Waals surface area (Å²) in [7, 11) is 2.14. The van der Waals surface area contributed by atoms with Gasteiger partial charge in [0.2, 0.25) is 0 Å². The molecule has 3 atom stereocenters. The SMILES string of the molecule is C[C@@H]1CN(C)c2ccccc2N(C[C@@H](O)COC[C@@H]2CCCO2)C1. The number of aliphatic hydroxyl groups is 1. The lowest BCUT2D eigenvalue weighted by Crippen LogP contribution is -2.38. The molecule has 0 radical (unpaired) electrons. The van der Waals surface area contributed by atoms with Gasteiger partial charge in [-0.25, -0.2) is 0 Å². The Morgan fingerprint density at radius 2 is 2.08 bits per heavy atom. The van der Waals surface area contributed by atoms with Crippen LogP contribution >= 0.6 is 0 Å². The van der Waals surface area contributed by atoms with Gasteiger partial charge >= 0.3 is 0 Å². The van der Waals surface area contributed by atoms with Crippen molar-refractivity contribution in [2.24, 2.45) is 5.92 Å². The lowest BCUT2D eigenvalue weighted by atomic mass is 10.1. The van der Waals surface area contributed by atoms with Crippen LogP contribution in [0.5, 0.6) is 0 Å². The summed E-state index contributed by atoms with van der Waals surface area (Å²) in [5.74, 6) is 0.544. The highest BCUT2D eigenvalue weighted by Crippen LogP contribution is 2.32. The van der Waals surface area contributed by atoms with Gasteiger partial charge in [0.1, 0.15) is 0 Å². The highest BCUT2D eigenvalue weighted by molar-refractivity contribution is 5.72. The van der Waals surface area contributed by atoms with E-state index in [0.29, 0.717) is 25.7 Å². The van der Waals surface area contributed by atoms with Crippen LogP contribution in [-0.4, -0.2) is 63.8 Å². The zero-order valence-corrected chi connectivity index (χ0v) is 14.9. The fraction of sp³-hybridized carbons (Fsp3) is 0.684. The normalized spacial score (nSPS) is 25.5. The van der Waals surface area contributed by atoms with E-state index < -0.39 is 6.10 Å². The Kier molecular flexibility index (Phi) is 5.98. The van der Waals surface area contributed by atoms with E-state index in [0.717, 1.165) is 32.5 Å². The van der Waals surface area contributed by atoms with Crippen molar-refractivity contribution in [1.82, 2.24) is 0 Å². The van der Waals surface area contributed by atoms with E-state index >= 15 is 0 Å². The van der Waals surface area contributed by atoms with Crippen LogP contribution in [0.1, 0.15) is 19.8 Å². The predicted molar refractivity (Wildman–Crippen MR) is 96.9 cm³/mol. The molecule has 1 fully saturated rings. The molecule has 0 aliphatic carbocycles. The smallest absolute Gasteiger partial charge is 0.0948 e. The molecule has 2 heterocycles. The molecule has 1 N–H and O–H groups in total. The number of β-amino-alcohol motifs (C(OH)–C–C–N with tert-alkyl or cyclic N) is 1. The Morgan fingerprint density at radius 3 is 2.83 bits per heavy atom. The Morgan fingerprint density at radius 1 is 1.29 bits per heavy atom. The molecule has 0 spiro atoms. The quantitative estimate of drug-likeness (QED) is 0.863. The van der Waals surface area contributed by atoms with Crippen molar-refractivity contribution in [1.29, 1.82) is 0 Å². The molecule has 0 bridgehead atoms. The Balaban J connectivity index is 1.57. The standard InChI is InChI=1S/C19H30N2O3/c1-15-10-20(2)18-7-3-4-8-19(18)21(11-15)12-16(22)13-23-14-17-6-5-9-24-17/h3-4,7-8,15-17,22H,5-6,9-14H2,1-2H3/t15-,16-,17+/m1/s1. The topological polar surface area (TPSA) is 45.2 Å². The van der Waals surface area contributed by atoms with Gasteiger partial charge < -0.3 is 24.4 Å². The summed E-state index contributed by atoms with van der Waals surface area (Å²) >= 11 is 0. The summed E-state index contributed by atoms with van der Waals surface area (Å²) in [5.41, 5.74) is 2.43. The molecule has 134 valence electrons. The third-order valence-electron chi connectivity index (χ3n) is 4.82. The van der Waals surface area contributed by atoms with Crippen LogP contribution in [0.25, 0.3) is 0 Å². The average molecular weight is 334 g/mol. The number of nitrogens with zero attached hydrogens (tertiary/aromatic N) is 2. The molecule has 3 rings (SSSR count). The van der Waals surface area contributed by atoms with Gasteiger partial charge in [0.25, 0.3) is 0 Å². The number of para-hydroxylation sites is 2. The Hall–Kier alpha value is -1.30. The molecule has 1 aromatic rings. The minimum Gasteiger partial charge on any atom is -0.389 e.